The molecule has 0 aliphatic carbocycles. The van der Waals surface area contributed by atoms with Crippen molar-refractivity contribution in [2.24, 2.45) is 0 Å². The largest absolute Gasteiger partial charge is 0.483 e. The number of benzene rings is 4. The van der Waals surface area contributed by atoms with E-state index in [4.69, 9.17) is 9.47 Å². The van der Waals surface area contributed by atoms with Crippen molar-refractivity contribution >= 4 is 38.5 Å². The molecule has 0 spiro atoms. The monoisotopic (exact) mass is 504 g/mol. The number of rotatable bonds is 7. The Hall–Kier alpha value is -3.84. The van der Waals surface area contributed by atoms with Crippen molar-refractivity contribution in [1.29, 1.82) is 0 Å². The molecule has 0 saturated heterocycles. The van der Waals surface area contributed by atoms with Crippen LogP contribution in [0, 0.1) is 0 Å². The highest BCUT2D eigenvalue weighted by atomic mass is 79.9. The second-order valence-corrected chi connectivity index (χ2v) is 7.93. The van der Waals surface area contributed by atoms with Crippen LogP contribution in [-0.4, -0.2) is 25.0 Å². The van der Waals surface area contributed by atoms with Crippen molar-refractivity contribution < 1.29 is 19.1 Å². The first-order chi connectivity index (χ1) is 16.1. The number of halogens is 1. The number of hydrogen-bond donors (Lipinski definition) is 2. The second-order valence-electron chi connectivity index (χ2n) is 7.13. The zero-order chi connectivity index (χ0) is 23.0. The zero-order valence-corrected chi connectivity index (χ0v) is 19.2. The number of para-hydroxylation sites is 1. The molecule has 0 fully saturated rings. The third kappa shape index (κ3) is 5.70. The van der Waals surface area contributed by atoms with Gasteiger partial charge in [-0.2, -0.15) is 0 Å². The molecule has 2 N–H and O–H groups in total. The van der Waals surface area contributed by atoms with Crippen LogP contribution < -0.4 is 20.3 Å². The Bertz CT molecular complexity index is 1280. The molecule has 0 aromatic heterocycles. The van der Waals surface area contributed by atoms with E-state index in [-0.39, 0.29) is 13.2 Å². The van der Waals surface area contributed by atoms with Crippen LogP contribution in [0.5, 0.6) is 11.5 Å². The second kappa shape index (κ2) is 10.7. The molecule has 0 unspecified atom stereocenters. The highest BCUT2D eigenvalue weighted by molar-refractivity contribution is 9.10. The average Bonchev–Trinajstić information content (AvgIpc) is 2.86. The standard InChI is InChI=1S/C26H21BrN2O4/c27-26-21-12-5-4-10-19(21)14-15-23(26)33-17-25(31)29-28-24(30)16-32-22-13-7-6-11-20(22)18-8-2-1-3-9-18/h1-15H,16-17H2,(H,28,30)(H,29,31). The fourth-order valence-electron chi connectivity index (χ4n) is 3.27. The number of hydrogen-bond acceptors (Lipinski definition) is 4. The van der Waals surface area contributed by atoms with E-state index in [0.29, 0.717) is 11.5 Å². The van der Waals surface area contributed by atoms with Gasteiger partial charge in [0.1, 0.15) is 11.5 Å². The summed E-state index contributed by atoms with van der Waals surface area (Å²) in [4.78, 5) is 24.2. The SMILES string of the molecule is O=C(COc1ccccc1-c1ccccc1)NNC(=O)COc1ccc2ccccc2c1Br. The number of ether oxygens (including phenoxy) is 2. The van der Waals surface area contributed by atoms with E-state index in [1.807, 2.05) is 78.9 Å². The Balaban J connectivity index is 1.26. The smallest absolute Gasteiger partial charge is 0.276 e. The third-order valence-corrected chi connectivity index (χ3v) is 5.68. The lowest BCUT2D eigenvalue weighted by Gasteiger charge is -2.13. The molecule has 0 aliphatic heterocycles. The summed E-state index contributed by atoms with van der Waals surface area (Å²) in [5.41, 5.74) is 6.53. The number of hydrazine groups is 1. The Labute approximate surface area is 199 Å². The minimum Gasteiger partial charge on any atom is -0.483 e. The van der Waals surface area contributed by atoms with Crippen molar-refractivity contribution in [3.8, 4) is 22.6 Å². The van der Waals surface area contributed by atoms with Crippen LogP contribution in [0.15, 0.2) is 95.5 Å². The first-order valence-corrected chi connectivity index (χ1v) is 11.1. The molecule has 0 bridgehead atoms. The number of carbonyl (C=O) groups excluding carboxylic acids is 2. The molecule has 0 radical (unpaired) electrons. The number of amides is 2. The van der Waals surface area contributed by atoms with Gasteiger partial charge in [0.2, 0.25) is 0 Å². The Morgan fingerprint density at radius 1 is 0.667 bits per heavy atom. The van der Waals surface area contributed by atoms with Gasteiger partial charge >= 0.3 is 0 Å². The van der Waals surface area contributed by atoms with Crippen molar-refractivity contribution in [3.05, 3.63) is 95.5 Å². The molecule has 0 atom stereocenters. The van der Waals surface area contributed by atoms with Crippen LogP contribution in [0.25, 0.3) is 21.9 Å². The summed E-state index contributed by atoms with van der Waals surface area (Å²) in [6.45, 7) is -0.504. The lowest BCUT2D eigenvalue weighted by atomic mass is 10.1. The van der Waals surface area contributed by atoms with Gasteiger partial charge in [0.15, 0.2) is 13.2 Å². The number of carbonyl (C=O) groups is 2. The van der Waals surface area contributed by atoms with E-state index >= 15 is 0 Å². The van der Waals surface area contributed by atoms with Gasteiger partial charge in [0, 0.05) is 5.56 Å². The Morgan fingerprint density at radius 3 is 2.03 bits per heavy atom. The van der Waals surface area contributed by atoms with Crippen molar-refractivity contribution in [2.45, 2.75) is 0 Å². The fraction of sp³-hybridized carbons (Fsp3) is 0.0769. The van der Waals surface area contributed by atoms with Crippen LogP contribution in [0.3, 0.4) is 0 Å². The number of fused-ring (bicyclic) bond motifs is 1. The minimum atomic E-state index is -0.493. The molecule has 4 aromatic rings. The van der Waals surface area contributed by atoms with Crippen molar-refractivity contribution in [1.82, 2.24) is 10.9 Å². The summed E-state index contributed by atoms with van der Waals surface area (Å²) in [5.74, 6) is 0.136. The van der Waals surface area contributed by atoms with Gasteiger partial charge in [-0.3, -0.25) is 20.4 Å². The highest BCUT2D eigenvalue weighted by Crippen LogP contribution is 2.33. The number of nitrogens with one attached hydrogen (secondary N) is 2. The highest BCUT2D eigenvalue weighted by Gasteiger charge is 2.11. The summed E-state index contributed by atoms with van der Waals surface area (Å²) in [7, 11) is 0. The molecule has 7 heteroatoms. The molecule has 166 valence electrons. The van der Waals surface area contributed by atoms with Crippen molar-refractivity contribution in [3.63, 3.8) is 0 Å². The summed E-state index contributed by atoms with van der Waals surface area (Å²) in [5, 5.41) is 2.04. The molecule has 0 saturated carbocycles. The molecular formula is C26H21BrN2O4. The van der Waals surface area contributed by atoms with Gasteiger partial charge in [0.25, 0.3) is 11.8 Å². The zero-order valence-electron chi connectivity index (χ0n) is 17.6. The maximum Gasteiger partial charge on any atom is 0.276 e. The Kier molecular flexibility index (Phi) is 7.22. The summed E-state index contributed by atoms with van der Waals surface area (Å²) in [6.07, 6.45) is 0. The summed E-state index contributed by atoms with van der Waals surface area (Å²) >= 11 is 3.52. The van der Waals surface area contributed by atoms with Gasteiger partial charge < -0.3 is 9.47 Å². The quantitative estimate of drug-likeness (QED) is 0.352. The third-order valence-electron chi connectivity index (χ3n) is 4.86. The van der Waals surface area contributed by atoms with Gasteiger partial charge in [-0.05, 0) is 44.4 Å². The van der Waals surface area contributed by atoms with Gasteiger partial charge in [-0.25, -0.2) is 0 Å². The summed E-state index contributed by atoms with van der Waals surface area (Å²) < 4.78 is 12.0. The van der Waals surface area contributed by atoms with E-state index in [0.717, 1.165) is 26.4 Å². The molecule has 2 amide bonds. The van der Waals surface area contributed by atoms with Gasteiger partial charge in [0.05, 0.1) is 4.47 Å². The predicted molar refractivity (Wildman–Crippen MR) is 131 cm³/mol. The molecule has 4 rings (SSSR count). The fourth-order valence-corrected chi connectivity index (χ4v) is 3.88. The molecule has 0 heterocycles. The maximum atomic E-state index is 12.1. The van der Waals surface area contributed by atoms with Crippen molar-refractivity contribution in [2.75, 3.05) is 13.2 Å². The van der Waals surface area contributed by atoms with E-state index < -0.39 is 11.8 Å². The van der Waals surface area contributed by atoms with Gasteiger partial charge in [-0.15, -0.1) is 0 Å². The lowest BCUT2D eigenvalue weighted by molar-refractivity contribution is -0.131. The van der Waals surface area contributed by atoms with E-state index in [2.05, 4.69) is 26.8 Å². The van der Waals surface area contributed by atoms with Crippen LogP contribution in [0.2, 0.25) is 0 Å². The van der Waals surface area contributed by atoms with E-state index in [1.54, 1.807) is 12.1 Å². The average molecular weight is 505 g/mol. The van der Waals surface area contributed by atoms with Gasteiger partial charge in [-0.1, -0.05) is 78.9 Å². The molecule has 0 aliphatic rings. The van der Waals surface area contributed by atoms with Crippen LogP contribution in [0.4, 0.5) is 0 Å². The van der Waals surface area contributed by atoms with Crippen LogP contribution in [-0.2, 0) is 9.59 Å². The summed E-state index contributed by atoms with van der Waals surface area (Å²) in [6, 6.07) is 28.8. The minimum absolute atomic E-state index is 0.249. The molecule has 33 heavy (non-hydrogen) atoms. The first-order valence-electron chi connectivity index (χ1n) is 10.3. The van der Waals surface area contributed by atoms with Crippen LogP contribution in [0.1, 0.15) is 0 Å². The lowest BCUT2D eigenvalue weighted by Crippen LogP contribution is -2.45. The van der Waals surface area contributed by atoms with E-state index in [9.17, 15) is 9.59 Å². The van der Waals surface area contributed by atoms with Crippen LogP contribution >= 0.6 is 15.9 Å². The molecular weight excluding hydrogens is 484 g/mol. The molecule has 6 nitrogen and oxygen atoms in total. The topological polar surface area (TPSA) is 76.7 Å². The Morgan fingerprint density at radius 2 is 1.27 bits per heavy atom. The molecule has 4 aromatic carbocycles. The normalized spacial score (nSPS) is 10.5. The first kappa shape index (κ1) is 22.4. The van der Waals surface area contributed by atoms with E-state index in [1.165, 1.54) is 0 Å². The maximum absolute atomic E-state index is 12.1. The predicted octanol–water partition coefficient (Wildman–Crippen LogP) is 4.87.